The van der Waals surface area contributed by atoms with Gasteiger partial charge in [-0.1, -0.05) is 24.3 Å². The number of hydrogen-bond acceptors (Lipinski definition) is 5. The van der Waals surface area contributed by atoms with Gasteiger partial charge in [0.1, 0.15) is 11.4 Å². The quantitative estimate of drug-likeness (QED) is 0.539. The average molecular weight is 369 g/mol. The lowest BCUT2D eigenvalue weighted by Crippen LogP contribution is -2.31. The Hall–Kier alpha value is -3.80. The number of carbonyl (C=O) groups excluding carboxylic acids is 1. The molecule has 1 atom stereocenters. The fourth-order valence-corrected chi connectivity index (χ4v) is 3.72. The fourth-order valence-electron chi connectivity index (χ4n) is 3.72. The first kappa shape index (κ1) is 16.4. The van der Waals surface area contributed by atoms with E-state index in [1.165, 1.54) is 4.90 Å². The summed E-state index contributed by atoms with van der Waals surface area (Å²) >= 11 is 0. The molecule has 0 saturated carbocycles. The van der Waals surface area contributed by atoms with Crippen LogP contribution >= 0.6 is 0 Å². The zero-order valence-electron chi connectivity index (χ0n) is 15.0. The van der Waals surface area contributed by atoms with Crippen LogP contribution in [0.2, 0.25) is 0 Å². The molecule has 6 nitrogen and oxygen atoms in total. The molecular formula is C22H15N3O3. The molecule has 0 radical (unpaired) electrons. The van der Waals surface area contributed by atoms with E-state index in [1.807, 2.05) is 25.1 Å². The largest absolute Gasteiger partial charge is 0.450 e. The van der Waals surface area contributed by atoms with Crippen molar-refractivity contribution in [3.8, 4) is 0 Å². The molecule has 1 amide bonds. The van der Waals surface area contributed by atoms with Gasteiger partial charge >= 0.3 is 0 Å². The van der Waals surface area contributed by atoms with Gasteiger partial charge in [-0.15, -0.1) is 0 Å². The Morgan fingerprint density at radius 1 is 1.00 bits per heavy atom. The van der Waals surface area contributed by atoms with Crippen LogP contribution < -0.4 is 10.3 Å². The van der Waals surface area contributed by atoms with Crippen LogP contribution in [-0.2, 0) is 0 Å². The fraction of sp³-hybridized carbons (Fsp3) is 0.0909. The first-order valence-electron chi connectivity index (χ1n) is 8.87. The number of benzene rings is 1. The van der Waals surface area contributed by atoms with Crippen LogP contribution in [-0.4, -0.2) is 15.9 Å². The Bertz CT molecular complexity index is 1280. The second-order valence-corrected chi connectivity index (χ2v) is 6.68. The number of hydrogen-bond donors (Lipinski definition) is 0. The summed E-state index contributed by atoms with van der Waals surface area (Å²) in [6.07, 6.45) is 4.94. The molecule has 6 heteroatoms. The number of nitrogens with zero attached hydrogens (tertiary/aromatic N) is 3. The maximum atomic E-state index is 13.4. The summed E-state index contributed by atoms with van der Waals surface area (Å²) in [6, 6.07) is 13.6. The van der Waals surface area contributed by atoms with Gasteiger partial charge in [-0.05, 0) is 42.3 Å². The number of anilines is 1. The Balaban J connectivity index is 1.85. The van der Waals surface area contributed by atoms with Crippen LogP contribution in [0.15, 0.2) is 76.3 Å². The molecule has 1 unspecified atom stereocenters. The Morgan fingerprint density at radius 3 is 2.61 bits per heavy atom. The lowest BCUT2D eigenvalue weighted by atomic mass is 10.00. The van der Waals surface area contributed by atoms with E-state index < -0.39 is 6.04 Å². The maximum Gasteiger partial charge on any atom is 0.296 e. The third kappa shape index (κ3) is 2.28. The predicted octanol–water partition coefficient (Wildman–Crippen LogP) is 3.64. The number of fused-ring (bicyclic) bond motifs is 2. The summed E-state index contributed by atoms with van der Waals surface area (Å²) in [4.78, 5) is 36.8. The molecule has 0 aliphatic carbocycles. The molecule has 0 fully saturated rings. The highest BCUT2D eigenvalue weighted by atomic mass is 16.3. The summed E-state index contributed by atoms with van der Waals surface area (Å²) in [6.45, 7) is 1.88. The van der Waals surface area contributed by atoms with Crippen LogP contribution in [0.3, 0.4) is 0 Å². The molecule has 0 bridgehead atoms. The minimum Gasteiger partial charge on any atom is -0.450 e. The van der Waals surface area contributed by atoms with Gasteiger partial charge in [0.05, 0.1) is 17.0 Å². The molecular weight excluding hydrogens is 354 g/mol. The van der Waals surface area contributed by atoms with Gasteiger partial charge in [0.15, 0.2) is 5.43 Å². The van der Waals surface area contributed by atoms with Gasteiger partial charge in [-0.3, -0.25) is 19.5 Å². The van der Waals surface area contributed by atoms with Crippen LogP contribution in [0.5, 0.6) is 0 Å². The standard InChI is InChI=1S/C22H15N3O3/c1-13-6-4-11-24-21(13)25-18(14-7-5-10-23-12-14)17-19(26)15-8-2-3-9-16(15)28-20(17)22(25)27/h2-12,18H,1H3. The van der Waals surface area contributed by atoms with E-state index in [0.29, 0.717) is 22.4 Å². The van der Waals surface area contributed by atoms with Gasteiger partial charge in [0, 0.05) is 18.6 Å². The summed E-state index contributed by atoms with van der Waals surface area (Å²) in [5, 5.41) is 0.447. The second-order valence-electron chi connectivity index (χ2n) is 6.68. The average Bonchev–Trinajstić information content (AvgIpc) is 3.02. The molecule has 28 heavy (non-hydrogen) atoms. The van der Waals surface area contributed by atoms with Gasteiger partial charge < -0.3 is 4.42 Å². The van der Waals surface area contributed by atoms with Gasteiger partial charge in [0.25, 0.3) is 5.91 Å². The third-order valence-electron chi connectivity index (χ3n) is 4.99. The van der Waals surface area contributed by atoms with Crippen LogP contribution in [0.25, 0.3) is 11.0 Å². The van der Waals surface area contributed by atoms with Gasteiger partial charge in [-0.25, -0.2) is 4.98 Å². The Labute approximate surface area is 160 Å². The zero-order chi connectivity index (χ0) is 19.3. The first-order chi connectivity index (χ1) is 13.7. The van der Waals surface area contributed by atoms with E-state index in [1.54, 1.807) is 48.9 Å². The molecule has 1 aromatic carbocycles. The van der Waals surface area contributed by atoms with Crippen molar-refractivity contribution in [1.29, 1.82) is 0 Å². The number of aromatic nitrogens is 2. The second kappa shape index (κ2) is 6.13. The molecule has 3 aromatic heterocycles. The number of amides is 1. The molecule has 4 aromatic rings. The Morgan fingerprint density at radius 2 is 1.82 bits per heavy atom. The van der Waals surface area contributed by atoms with Crippen molar-refractivity contribution in [3.63, 3.8) is 0 Å². The van der Waals surface area contributed by atoms with E-state index >= 15 is 0 Å². The summed E-state index contributed by atoms with van der Waals surface area (Å²) in [5.41, 5.74) is 2.05. The van der Waals surface area contributed by atoms with E-state index in [0.717, 1.165) is 11.1 Å². The van der Waals surface area contributed by atoms with Gasteiger partial charge in [-0.2, -0.15) is 0 Å². The van der Waals surface area contributed by atoms with Crippen LogP contribution in [0.1, 0.15) is 33.3 Å². The Kier molecular flexibility index (Phi) is 3.58. The third-order valence-corrected chi connectivity index (χ3v) is 4.99. The topological polar surface area (TPSA) is 76.3 Å². The molecule has 4 heterocycles. The van der Waals surface area contributed by atoms with Crippen molar-refractivity contribution in [2.24, 2.45) is 0 Å². The lowest BCUT2D eigenvalue weighted by molar-refractivity contribution is 0.0970. The van der Waals surface area contributed by atoms with Crippen molar-refractivity contribution in [2.45, 2.75) is 13.0 Å². The maximum absolute atomic E-state index is 13.4. The molecule has 0 N–H and O–H groups in total. The summed E-state index contributed by atoms with van der Waals surface area (Å²) < 4.78 is 5.90. The van der Waals surface area contributed by atoms with E-state index in [-0.39, 0.29) is 17.1 Å². The highest BCUT2D eigenvalue weighted by Crippen LogP contribution is 2.41. The van der Waals surface area contributed by atoms with Crippen LogP contribution in [0.4, 0.5) is 5.82 Å². The number of carbonyl (C=O) groups is 1. The number of pyridine rings is 2. The highest BCUT2D eigenvalue weighted by Gasteiger charge is 2.44. The predicted molar refractivity (Wildman–Crippen MR) is 104 cm³/mol. The van der Waals surface area contributed by atoms with Gasteiger partial charge in [0.2, 0.25) is 5.76 Å². The van der Waals surface area contributed by atoms with Crippen molar-refractivity contribution in [3.05, 3.63) is 99.8 Å². The van der Waals surface area contributed by atoms with Crippen LogP contribution in [0, 0.1) is 6.92 Å². The summed E-state index contributed by atoms with van der Waals surface area (Å²) in [7, 11) is 0. The van der Waals surface area contributed by atoms with Crippen molar-refractivity contribution < 1.29 is 9.21 Å². The van der Waals surface area contributed by atoms with E-state index in [2.05, 4.69) is 9.97 Å². The minimum absolute atomic E-state index is 0.0580. The van der Waals surface area contributed by atoms with Crippen molar-refractivity contribution >= 4 is 22.7 Å². The van der Waals surface area contributed by atoms with Crippen molar-refractivity contribution in [1.82, 2.24) is 9.97 Å². The minimum atomic E-state index is -0.648. The normalized spacial score (nSPS) is 15.8. The van der Waals surface area contributed by atoms with E-state index in [9.17, 15) is 9.59 Å². The zero-order valence-corrected chi connectivity index (χ0v) is 15.0. The number of rotatable bonds is 2. The molecule has 5 rings (SSSR count). The number of aryl methyl sites for hydroxylation is 1. The molecule has 1 aliphatic rings. The molecule has 136 valence electrons. The van der Waals surface area contributed by atoms with E-state index in [4.69, 9.17) is 4.42 Å². The smallest absolute Gasteiger partial charge is 0.296 e. The number of para-hydroxylation sites is 1. The lowest BCUT2D eigenvalue weighted by Gasteiger charge is -2.25. The summed E-state index contributed by atoms with van der Waals surface area (Å²) in [5.74, 6) is 0.173. The molecule has 1 aliphatic heterocycles. The van der Waals surface area contributed by atoms with Crippen molar-refractivity contribution in [2.75, 3.05) is 4.90 Å². The monoisotopic (exact) mass is 369 g/mol. The molecule has 0 saturated heterocycles. The SMILES string of the molecule is Cc1cccnc1N1C(=O)c2oc3ccccc3c(=O)c2C1c1cccnc1. The first-order valence-corrected chi connectivity index (χ1v) is 8.87. The highest BCUT2D eigenvalue weighted by molar-refractivity contribution is 6.10. The molecule has 0 spiro atoms.